The van der Waals surface area contributed by atoms with E-state index in [0.717, 1.165) is 19.6 Å². The van der Waals surface area contributed by atoms with E-state index in [1.54, 1.807) is 0 Å². The van der Waals surface area contributed by atoms with Crippen molar-refractivity contribution in [1.82, 2.24) is 10.3 Å². The molecule has 106 valence electrons. The highest BCUT2D eigenvalue weighted by Crippen LogP contribution is 2.37. The molecule has 3 heteroatoms. The molecule has 0 aliphatic heterocycles. The second-order valence-corrected chi connectivity index (χ2v) is 5.38. The normalized spacial score (nSPS) is 19.5. The Balaban J connectivity index is 2.13. The Morgan fingerprint density at radius 1 is 1.37 bits per heavy atom. The summed E-state index contributed by atoms with van der Waals surface area (Å²) in [6.07, 6.45) is 9.74. The number of rotatable bonds is 7. The van der Waals surface area contributed by atoms with Gasteiger partial charge < -0.3 is 10.1 Å². The first kappa shape index (κ1) is 14.5. The predicted molar refractivity (Wildman–Crippen MR) is 78.2 cm³/mol. The van der Waals surface area contributed by atoms with Crippen LogP contribution in [0.25, 0.3) is 0 Å². The highest BCUT2D eigenvalue weighted by Gasteiger charge is 2.41. The van der Waals surface area contributed by atoms with E-state index < -0.39 is 0 Å². The van der Waals surface area contributed by atoms with Gasteiger partial charge in [-0.25, -0.2) is 0 Å². The lowest BCUT2D eigenvalue weighted by atomic mass is 9.87. The maximum atomic E-state index is 6.19. The molecule has 0 aromatic carbocycles. The Kier molecular flexibility index (Phi) is 5.34. The van der Waals surface area contributed by atoms with Crippen molar-refractivity contribution in [3.8, 4) is 0 Å². The van der Waals surface area contributed by atoms with Gasteiger partial charge in [-0.05, 0) is 44.4 Å². The minimum Gasteiger partial charge on any atom is -0.374 e. The Morgan fingerprint density at radius 3 is 2.74 bits per heavy atom. The van der Waals surface area contributed by atoms with Crippen LogP contribution in [0.5, 0.6) is 0 Å². The molecule has 1 aromatic rings. The average Bonchev–Trinajstić information content (AvgIpc) is 2.90. The number of likely N-dealkylation sites (N-methyl/N-ethyl adjacent to an activating group) is 1. The lowest BCUT2D eigenvalue weighted by Crippen LogP contribution is -2.52. The fourth-order valence-electron chi connectivity index (χ4n) is 3.30. The summed E-state index contributed by atoms with van der Waals surface area (Å²) in [5, 5.41) is 3.65. The largest absolute Gasteiger partial charge is 0.374 e. The van der Waals surface area contributed by atoms with Crippen LogP contribution in [0.4, 0.5) is 0 Å². The number of pyridine rings is 1. The third-order valence-corrected chi connectivity index (χ3v) is 4.13. The monoisotopic (exact) mass is 262 g/mol. The molecule has 1 aromatic heterocycles. The molecule has 1 unspecified atom stereocenters. The van der Waals surface area contributed by atoms with Crippen LogP contribution in [0.3, 0.4) is 0 Å². The van der Waals surface area contributed by atoms with Crippen LogP contribution < -0.4 is 5.32 Å². The predicted octanol–water partition coefficient (Wildman–Crippen LogP) is 2.95. The van der Waals surface area contributed by atoms with E-state index in [1.165, 1.54) is 31.2 Å². The molecular weight excluding hydrogens is 236 g/mol. The molecule has 1 atom stereocenters. The quantitative estimate of drug-likeness (QED) is 0.820. The fraction of sp³-hybridized carbons (Fsp3) is 0.688. The minimum absolute atomic E-state index is 0.0284. The third kappa shape index (κ3) is 3.54. The van der Waals surface area contributed by atoms with Crippen LogP contribution in [0.15, 0.2) is 24.5 Å². The van der Waals surface area contributed by atoms with Gasteiger partial charge in [-0.2, -0.15) is 0 Å². The number of nitrogens with one attached hydrogen (secondary N) is 1. The zero-order chi connectivity index (χ0) is 13.6. The van der Waals surface area contributed by atoms with Gasteiger partial charge >= 0.3 is 0 Å². The highest BCUT2D eigenvalue weighted by atomic mass is 16.5. The molecule has 19 heavy (non-hydrogen) atoms. The first-order valence-electron chi connectivity index (χ1n) is 7.57. The van der Waals surface area contributed by atoms with E-state index in [2.05, 4.69) is 30.2 Å². The van der Waals surface area contributed by atoms with E-state index in [-0.39, 0.29) is 5.60 Å². The molecule has 0 bridgehead atoms. The van der Waals surface area contributed by atoms with Crippen molar-refractivity contribution in [3.05, 3.63) is 30.1 Å². The van der Waals surface area contributed by atoms with E-state index in [0.29, 0.717) is 6.04 Å². The molecule has 0 spiro atoms. The molecule has 0 saturated heterocycles. The maximum absolute atomic E-state index is 6.19. The molecule has 1 N–H and O–H groups in total. The second-order valence-electron chi connectivity index (χ2n) is 5.38. The topological polar surface area (TPSA) is 34.2 Å². The molecule has 1 heterocycles. The first-order valence-corrected chi connectivity index (χ1v) is 7.57. The van der Waals surface area contributed by atoms with Crippen LogP contribution >= 0.6 is 0 Å². The summed E-state index contributed by atoms with van der Waals surface area (Å²) in [6.45, 7) is 6.06. The van der Waals surface area contributed by atoms with E-state index in [4.69, 9.17) is 4.74 Å². The molecule has 1 aliphatic rings. The van der Waals surface area contributed by atoms with E-state index >= 15 is 0 Å². The highest BCUT2D eigenvalue weighted by molar-refractivity contribution is 5.13. The summed E-state index contributed by atoms with van der Waals surface area (Å²) in [5.74, 6) is 0. The number of hydrogen-bond acceptors (Lipinski definition) is 3. The summed E-state index contributed by atoms with van der Waals surface area (Å²) in [5.41, 5.74) is 1.32. The van der Waals surface area contributed by atoms with Gasteiger partial charge in [0.2, 0.25) is 0 Å². The number of nitrogens with zero attached hydrogens (tertiary/aromatic N) is 1. The standard InChI is InChI=1S/C16H26N2O/c1-3-18-15(12-14-8-7-11-17-13-14)16(19-4-2)9-5-6-10-16/h7-8,11,13,15,18H,3-6,9-10,12H2,1-2H3. The van der Waals surface area contributed by atoms with Gasteiger partial charge in [0.05, 0.1) is 5.60 Å². The molecule has 0 radical (unpaired) electrons. The average molecular weight is 262 g/mol. The third-order valence-electron chi connectivity index (χ3n) is 4.13. The van der Waals surface area contributed by atoms with Crippen LogP contribution in [0.2, 0.25) is 0 Å². The van der Waals surface area contributed by atoms with Crippen LogP contribution in [0.1, 0.15) is 45.1 Å². The molecule has 1 saturated carbocycles. The van der Waals surface area contributed by atoms with Crippen molar-refractivity contribution in [2.24, 2.45) is 0 Å². The van der Waals surface area contributed by atoms with Crippen molar-refractivity contribution >= 4 is 0 Å². The zero-order valence-electron chi connectivity index (χ0n) is 12.2. The van der Waals surface area contributed by atoms with Crippen molar-refractivity contribution in [1.29, 1.82) is 0 Å². The Labute approximate surface area is 116 Å². The van der Waals surface area contributed by atoms with Gasteiger partial charge in [0.25, 0.3) is 0 Å². The van der Waals surface area contributed by atoms with Crippen molar-refractivity contribution < 1.29 is 4.74 Å². The Bertz CT molecular complexity index is 360. The minimum atomic E-state index is 0.0284. The Hall–Kier alpha value is -0.930. The molecular formula is C16H26N2O. The van der Waals surface area contributed by atoms with Crippen LogP contribution in [0, 0.1) is 0 Å². The summed E-state index contributed by atoms with van der Waals surface area (Å²) in [7, 11) is 0. The summed E-state index contributed by atoms with van der Waals surface area (Å²) < 4.78 is 6.19. The number of ether oxygens (including phenoxy) is 1. The molecule has 2 rings (SSSR count). The first-order chi connectivity index (χ1) is 9.30. The maximum Gasteiger partial charge on any atom is 0.0837 e. The molecule has 1 fully saturated rings. The van der Waals surface area contributed by atoms with Gasteiger partial charge in [0.1, 0.15) is 0 Å². The molecule has 0 amide bonds. The molecule has 3 nitrogen and oxygen atoms in total. The second kappa shape index (κ2) is 7.01. The fourth-order valence-corrected chi connectivity index (χ4v) is 3.30. The number of aromatic nitrogens is 1. The SMILES string of the molecule is CCNC(Cc1cccnc1)C1(OCC)CCCC1. The zero-order valence-corrected chi connectivity index (χ0v) is 12.2. The van der Waals surface area contributed by atoms with Gasteiger partial charge in [-0.1, -0.05) is 25.8 Å². The summed E-state index contributed by atoms with van der Waals surface area (Å²) in [6, 6.07) is 4.57. The van der Waals surface area contributed by atoms with Gasteiger partial charge in [-0.15, -0.1) is 0 Å². The van der Waals surface area contributed by atoms with Crippen LogP contribution in [-0.2, 0) is 11.2 Å². The number of hydrogen-bond donors (Lipinski definition) is 1. The summed E-state index contributed by atoms with van der Waals surface area (Å²) in [4.78, 5) is 4.22. The summed E-state index contributed by atoms with van der Waals surface area (Å²) >= 11 is 0. The van der Waals surface area contributed by atoms with Gasteiger partial charge in [0, 0.05) is 25.0 Å². The van der Waals surface area contributed by atoms with Gasteiger partial charge in [-0.3, -0.25) is 4.98 Å². The van der Waals surface area contributed by atoms with Crippen molar-refractivity contribution in [2.45, 2.75) is 57.6 Å². The smallest absolute Gasteiger partial charge is 0.0837 e. The van der Waals surface area contributed by atoms with E-state index in [1.807, 2.05) is 18.5 Å². The molecule has 1 aliphatic carbocycles. The van der Waals surface area contributed by atoms with Gasteiger partial charge in [0.15, 0.2) is 0 Å². The van der Waals surface area contributed by atoms with Crippen molar-refractivity contribution in [3.63, 3.8) is 0 Å². The Morgan fingerprint density at radius 2 is 2.16 bits per heavy atom. The lowest BCUT2D eigenvalue weighted by molar-refractivity contribution is -0.0609. The van der Waals surface area contributed by atoms with E-state index in [9.17, 15) is 0 Å². The van der Waals surface area contributed by atoms with Crippen molar-refractivity contribution in [2.75, 3.05) is 13.2 Å². The van der Waals surface area contributed by atoms with Crippen LogP contribution in [-0.4, -0.2) is 29.8 Å². The lowest BCUT2D eigenvalue weighted by Gasteiger charge is -2.38.